The van der Waals surface area contributed by atoms with Crippen molar-refractivity contribution in [1.29, 1.82) is 0 Å². The predicted molar refractivity (Wildman–Crippen MR) is 144 cm³/mol. The smallest absolute Gasteiger partial charge is 0.408 e. The molecule has 38 heavy (non-hydrogen) atoms. The summed E-state index contributed by atoms with van der Waals surface area (Å²) in [4.78, 5) is 52.3. The maximum Gasteiger partial charge on any atom is 0.408 e. The van der Waals surface area contributed by atoms with Crippen LogP contribution in [0.5, 0.6) is 0 Å². The lowest BCUT2D eigenvalue weighted by atomic mass is 10.1. The fourth-order valence-electron chi connectivity index (χ4n) is 4.07. The average molecular weight is 533 g/mol. The van der Waals surface area contributed by atoms with E-state index in [9.17, 15) is 19.2 Å². The van der Waals surface area contributed by atoms with E-state index in [1.54, 1.807) is 25.7 Å². The molecule has 0 saturated carbocycles. The number of unbranched alkanes of at least 4 members (excludes halogenated alkanes) is 1. The molecule has 0 radical (unpaired) electrons. The Morgan fingerprint density at radius 3 is 2.39 bits per heavy atom. The molecule has 10 nitrogen and oxygen atoms in total. The van der Waals surface area contributed by atoms with Crippen molar-refractivity contribution in [2.24, 2.45) is 5.92 Å². The van der Waals surface area contributed by atoms with Crippen LogP contribution in [-0.4, -0.2) is 66.2 Å². The maximum atomic E-state index is 13.5. The molecule has 10 heteroatoms. The molecule has 212 valence electrons. The Hall–Kier alpha value is -3.30. The number of rotatable bonds is 12. The molecule has 1 aromatic carbocycles. The van der Waals surface area contributed by atoms with Crippen LogP contribution in [0.1, 0.15) is 72.3 Å². The van der Waals surface area contributed by atoms with Crippen LogP contribution in [0, 0.1) is 5.92 Å². The summed E-state index contributed by atoms with van der Waals surface area (Å²) in [6, 6.07) is 7.87. The first-order valence-electron chi connectivity index (χ1n) is 13.5. The minimum Gasteiger partial charge on any atom is -0.445 e. The third-order valence-corrected chi connectivity index (χ3v) is 5.91. The van der Waals surface area contributed by atoms with E-state index in [-0.39, 0.29) is 18.4 Å². The first-order valence-corrected chi connectivity index (χ1v) is 13.5. The summed E-state index contributed by atoms with van der Waals surface area (Å²) in [7, 11) is 0. The summed E-state index contributed by atoms with van der Waals surface area (Å²) < 4.78 is 10.6. The second kappa shape index (κ2) is 15.2. The number of hydrogen-bond acceptors (Lipinski definition) is 6. The van der Waals surface area contributed by atoms with Crippen LogP contribution >= 0.6 is 0 Å². The Bertz CT molecular complexity index is 916. The summed E-state index contributed by atoms with van der Waals surface area (Å²) in [5.74, 6) is -0.173. The predicted octanol–water partition coefficient (Wildman–Crippen LogP) is 3.74. The van der Waals surface area contributed by atoms with Gasteiger partial charge in [-0.25, -0.2) is 9.59 Å². The van der Waals surface area contributed by atoms with Crippen LogP contribution in [-0.2, 0) is 25.7 Å². The van der Waals surface area contributed by atoms with Gasteiger partial charge in [-0.1, -0.05) is 44.2 Å². The van der Waals surface area contributed by atoms with Crippen molar-refractivity contribution in [3.05, 3.63) is 35.9 Å². The Morgan fingerprint density at radius 2 is 1.74 bits per heavy atom. The van der Waals surface area contributed by atoms with Gasteiger partial charge in [0.15, 0.2) is 0 Å². The molecule has 1 aromatic rings. The lowest BCUT2D eigenvalue weighted by Crippen LogP contribution is -2.53. The molecule has 1 heterocycles. The van der Waals surface area contributed by atoms with Gasteiger partial charge in [0.1, 0.15) is 24.3 Å². The third-order valence-electron chi connectivity index (χ3n) is 5.91. The molecule has 2 atom stereocenters. The van der Waals surface area contributed by atoms with E-state index in [2.05, 4.69) is 16.0 Å². The largest absolute Gasteiger partial charge is 0.445 e. The molecule has 1 fully saturated rings. The topological polar surface area (TPSA) is 126 Å². The van der Waals surface area contributed by atoms with Crippen molar-refractivity contribution < 1.29 is 28.7 Å². The van der Waals surface area contributed by atoms with E-state index >= 15 is 0 Å². The summed E-state index contributed by atoms with van der Waals surface area (Å²) in [6.07, 6.45) is 1.59. The first kappa shape index (κ1) is 30.9. The number of likely N-dealkylation sites (tertiary alicyclic amines) is 1. The minimum atomic E-state index is -0.849. The monoisotopic (exact) mass is 532 g/mol. The van der Waals surface area contributed by atoms with E-state index in [1.807, 2.05) is 44.2 Å². The van der Waals surface area contributed by atoms with E-state index < -0.39 is 29.9 Å². The number of amides is 4. The second-order valence-corrected chi connectivity index (χ2v) is 11.0. The van der Waals surface area contributed by atoms with Crippen LogP contribution in [0.3, 0.4) is 0 Å². The van der Waals surface area contributed by atoms with Crippen molar-refractivity contribution in [2.45, 2.75) is 91.0 Å². The highest BCUT2D eigenvalue weighted by atomic mass is 16.6. The molecule has 0 aromatic heterocycles. The fourth-order valence-corrected chi connectivity index (χ4v) is 4.07. The van der Waals surface area contributed by atoms with Crippen LogP contribution < -0.4 is 16.0 Å². The van der Waals surface area contributed by atoms with Gasteiger partial charge < -0.3 is 30.3 Å². The van der Waals surface area contributed by atoms with Crippen LogP contribution in [0.4, 0.5) is 9.59 Å². The van der Waals surface area contributed by atoms with Gasteiger partial charge in [-0.2, -0.15) is 0 Å². The van der Waals surface area contributed by atoms with E-state index in [0.717, 1.165) is 12.0 Å². The molecule has 1 saturated heterocycles. The molecular weight excluding hydrogens is 488 g/mol. The van der Waals surface area contributed by atoms with Crippen molar-refractivity contribution in [1.82, 2.24) is 20.9 Å². The van der Waals surface area contributed by atoms with E-state index in [4.69, 9.17) is 9.47 Å². The van der Waals surface area contributed by atoms with Gasteiger partial charge >= 0.3 is 12.2 Å². The zero-order chi connectivity index (χ0) is 28.1. The maximum absolute atomic E-state index is 13.5. The Labute approximate surface area is 226 Å². The van der Waals surface area contributed by atoms with Gasteiger partial charge in [-0.3, -0.25) is 9.59 Å². The Kier molecular flexibility index (Phi) is 12.4. The first-order chi connectivity index (χ1) is 18.0. The molecule has 0 bridgehead atoms. The Morgan fingerprint density at radius 1 is 1.03 bits per heavy atom. The minimum absolute atomic E-state index is 0.0807. The van der Waals surface area contributed by atoms with Gasteiger partial charge in [0.25, 0.3) is 0 Å². The summed E-state index contributed by atoms with van der Waals surface area (Å²) in [6.45, 7) is 10.8. The van der Waals surface area contributed by atoms with Gasteiger partial charge in [0.05, 0.1) is 0 Å². The highest BCUT2D eigenvalue weighted by Gasteiger charge is 2.37. The van der Waals surface area contributed by atoms with Crippen molar-refractivity contribution in [3.8, 4) is 0 Å². The molecule has 0 aliphatic carbocycles. The number of nitrogens with zero attached hydrogens (tertiary/aromatic N) is 1. The number of hydrogen-bond donors (Lipinski definition) is 3. The number of nitrogens with one attached hydrogen (secondary N) is 3. The van der Waals surface area contributed by atoms with E-state index in [0.29, 0.717) is 51.2 Å². The van der Waals surface area contributed by atoms with Crippen LogP contribution in [0.2, 0.25) is 0 Å². The van der Waals surface area contributed by atoms with Gasteiger partial charge in [0, 0.05) is 19.6 Å². The molecule has 3 N–H and O–H groups in total. The molecule has 1 aliphatic heterocycles. The standard InChI is InChI=1S/C28H44N4O6/c1-20(2)18-30-24(33)23-15-11-17-32(23)25(34)22(14-9-10-16-29-26(35)38-28(3,4)5)31-27(36)37-19-21-12-7-6-8-13-21/h6-8,12-13,20,22-23H,9-11,14-19H2,1-5H3,(H,29,35)(H,30,33)(H,31,36)/t22-,23-/m0/s1. The average Bonchev–Trinajstić information content (AvgIpc) is 3.34. The molecule has 2 rings (SSSR count). The lowest BCUT2D eigenvalue weighted by molar-refractivity contribution is -0.140. The summed E-state index contributed by atoms with van der Waals surface area (Å²) in [5, 5.41) is 8.33. The fraction of sp³-hybridized carbons (Fsp3) is 0.643. The van der Waals surface area contributed by atoms with Crippen LogP contribution in [0.25, 0.3) is 0 Å². The normalized spacial score (nSPS) is 16.1. The highest BCUT2D eigenvalue weighted by molar-refractivity contribution is 5.91. The van der Waals surface area contributed by atoms with E-state index in [1.165, 1.54) is 0 Å². The number of benzene rings is 1. The Balaban J connectivity index is 1.97. The number of ether oxygens (including phenoxy) is 2. The van der Waals surface area contributed by atoms with Crippen molar-refractivity contribution >= 4 is 24.0 Å². The highest BCUT2D eigenvalue weighted by Crippen LogP contribution is 2.20. The zero-order valence-electron chi connectivity index (χ0n) is 23.4. The second-order valence-electron chi connectivity index (χ2n) is 11.0. The number of alkyl carbamates (subject to hydrolysis) is 2. The zero-order valence-corrected chi connectivity index (χ0v) is 23.4. The molecular formula is C28H44N4O6. The molecule has 4 amide bonds. The van der Waals surface area contributed by atoms with Crippen LogP contribution in [0.15, 0.2) is 30.3 Å². The summed E-state index contributed by atoms with van der Waals surface area (Å²) in [5.41, 5.74) is 0.250. The third kappa shape index (κ3) is 11.4. The SMILES string of the molecule is CC(C)CNC(=O)[C@@H]1CCCN1C(=O)[C@H](CCCCNC(=O)OC(C)(C)C)NC(=O)OCc1ccccc1. The van der Waals surface area contributed by atoms with Crippen molar-refractivity contribution in [2.75, 3.05) is 19.6 Å². The number of carbonyl (C=O) groups excluding carboxylic acids is 4. The van der Waals surface area contributed by atoms with Crippen molar-refractivity contribution in [3.63, 3.8) is 0 Å². The lowest BCUT2D eigenvalue weighted by Gasteiger charge is -2.29. The van der Waals surface area contributed by atoms with Gasteiger partial charge in [-0.05, 0) is 64.4 Å². The molecule has 0 unspecified atom stereocenters. The molecule has 1 aliphatic rings. The van der Waals surface area contributed by atoms with Gasteiger partial charge in [0.2, 0.25) is 11.8 Å². The quantitative estimate of drug-likeness (QED) is 0.352. The molecule has 0 spiro atoms. The number of carbonyl (C=O) groups is 4. The summed E-state index contributed by atoms with van der Waals surface area (Å²) >= 11 is 0. The van der Waals surface area contributed by atoms with Gasteiger partial charge in [-0.15, -0.1) is 0 Å².